The van der Waals surface area contributed by atoms with Gasteiger partial charge in [-0.2, -0.15) is 0 Å². The Bertz CT molecular complexity index is 509. The van der Waals surface area contributed by atoms with E-state index < -0.39 is 0 Å². The maximum atomic E-state index is 5.37. The Morgan fingerprint density at radius 1 is 1.14 bits per heavy atom. The Kier molecular flexibility index (Phi) is 5.08. The second-order valence-corrected chi connectivity index (χ2v) is 5.84. The van der Waals surface area contributed by atoms with Gasteiger partial charge in [0.25, 0.3) is 0 Å². The summed E-state index contributed by atoms with van der Waals surface area (Å²) in [5, 5.41) is 3.67. The van der Waals surface area contributed by atoms with Crippen molar-refractivity contribution in [1.29, 1.82) is 0 Å². The topological polar surface area (TPSA) is 28.4 Å². The van der Waals surface area contributed by atoms with E-state index in [9.17, 15) is 0 Å². The fourth-order valence-corrected chi connectivity index (χ4v) is 3.06. The summed E-state index contributed by atoms with van der Waals surface area (Å²) in [6.07, 6.45) is 5.29. The smallest absolute Gasteiger partial charge is 0.105 e. The fraction of sp³-hybridized carbons (Fsp3) is 0.444. The summed E-state index contributed by atoms with van der Waals surface area (Å²) in [5.41, 5.74) is 1.41. The number of furan rings is 1. The van der Waals surface area contributed by atoms with Crippen molar-refractivity contribution in [3.8, 4) is 0 Å². The molecule has 112 valence electrons. The average molecular weight is 284 g/mol. The Hall–Kier alpha value is -1.58. The molecule has 3 rings (SSSR count). The Morgan fingerprint density at radius 2 is 2.05 bits per heavy atom. The molecule has 1 saturated heterocycles. The zero-order chi connectivity index (χ0) is 14.3. The summed E-state index contributed by atoms with van der Waals surface area (Å²) in [7, 11) is 0. The van der Waals surface area contributed by atoms with E-state index in [1.165, 1.54) is 24.9 Å². The van der Waals surface area contributed by atoms with Crippen LogP contribution in [0.2, 0.25) is 0 Å². The molecule has 3 nitrogen and oxygen atoms in total. The van der Waals surface area contributed by atoms with Gasteiger partial charge in [0.2, 0.25) is 0 Å². The molecule has 1 aliphatic heterocycles. The standard InChI is InChI=1S/C18H24N2O/c1-2-6-16(7-3-1)14-20-12-4-8-17(15-20)19-11-10-18-9-5-13-21-18/h1-3,5-7,9,13,17,19H,4,8,10-12,14-15H2. The monoisotopic (exact) mass is 284 g/mol. The zero-order valence-corrected chi connectivity index (χ0v) is 12.5. The molecule has 21 heavy (non-hydrogen) atoms. The van der Waals surface area contributed by atoms with Crippen molar-refractivity contribution in [3.63, 3.8) is 0 Å². The van der Waals surface area contributed by atoms with Gasteiger partial charge in [-0.15, -0.1) is 0 Å². The van der Waals surface area contributed by atoms with Gasteiger partial charge >= 0.3 is 0 Å². The largest absolute Gasteiger partial charge is 0.469 e. The van der Waals surface area contributed by atoms with Gasteiger partial charge < -0.3 is 9.73 Å². The van der Waals surface area contributed by atoms with Crippen molar-refractivity contribution < 1.29 is 4.42 Å². The number of nitrogens with one attached hydrogen (secondary N) is 1. The van der Waals surface area contributed by atoms with Crippen LogP contribution in [0.5, 0.6) is 0 Å². The molecular formula is C18H24N2O. The molecule has 1 unspecified atom stereocenters. The average Bonchev–Trinajstić information content (AvgIpc) is 3.02. The highest BCUT2D eigenvalue weighted by Gasteiger charge is 2.19. The van der Waals surface area contributed by atoms with E-state index in [1.807, 2.05) is 12.1 Å². The van der Waals surface area contributed by atoms with Gasteiger partial charge in [-0.3, -0.25) is 4.90 Å². The van der Waals surface area contributed by atoms with Crippen LogP contribution in [0, 0.1) is 0 Å². The van der Waals surface area contributed by atoms with Gasteiger partial charge in [0, 0.05) is 32.1 Å². The molecule has 1 N–H and O–H groups in total. The molecule has 1 atom stereocenters. The van der Waals surface area contributed by atoms with Crippen LogP contribution in [0.25, 0.3) is 0 Å². The quantitative estimate of drug-likeness (QED) is 0.883. The first-order valence-corrected chi connectivity index (χ1v) is 7.92. The molecule has 1 aromatic heterocycles. The number of hydrogen-bond acceptors (Lipinski definition) is 3. The van der Waals surface area contributed by atoms with Crippen molar-refractivity contribution in [1.82, 2.24) is 10.2 Å². The number of hydrogen-bond donors (Lipinski definition) is 1. The molecule has 1 aromatic carbocycles. The van der Waals surface area contributed by atoms with E-state index in [0.29, 0.717) is 6.04 Å². The van der Waals surface area contributed by atoms with E-state index in [4.69, 9.17) is 4.42 Å². The summed E-state index contributed by atoms with van der Waals surface area (Å²) in [6, 6.07) is 15.4. The summed E-state index contributed by atoms with van der Waals surface area (Å²) < 4.78 is 5.37. The van der Waals surface area contributed by atoms with Gasteiger partial charge in [-0.1, -0.05) is 30.3 Å². The van der Waals surface area contributed by atoms with Crippen LogP contribution in [0.4, 0.5) is 0 Å². The summed E-state index contributed by atoms with van der Waals surface area (Å²) in [5.74, 6) is 1.07. The Labute approximate surface area is 127 Å². The number of nitrogens with zero attached hydrogens (tertiary/aromatic N) is 1. The van der Waals surface area contributed by atoms with Gasteiger partial charge in [0.05, 0.1) is 6.26 Å². The summed E-state index contributed by atoms with van der Waals surface area (Å²) >= 11 is 0. The molecule has 3 heteroatoms. The van der Waals surface area contributed by atoms with Crippen LogP contribution in [0.1, 0.15) is 24.2 Å². The minimum absolute atomic E-state index is 0.609. The molecule has 0 saturated carbocycles. The maximum absolute atomic E-state index is 5.37. The third kappa shape index (κ3) is 4.45. The lowest BCUT2D eigenvalue weighted by molar-refractivity contribution is 0.183. The first kappa shape index (κ1) is 14.4. The predicted octanol–water partition coefficient (Wildman–Crippen LogP) is 3.08. The van der Waals surface area contributed by atoms with E-state index in [2.05, 4.69) is 40.5 Å². The van der Waals surface area contributed by atoms with Gasteiger partial charge in [-0.25, -0.2) is 0 Å². The van der Waals surface area contributed by atoms with E-state index in [0.717, 1.165) is 31.8 Å². The number of rotatable bonds is 6. The second-order valence-electron chi connectivity index (χ2n) is 5.84. The first-order valence-electron chi connectivity index (χ1n) is 7.92. The van der Waals surface area contributed by atoms with E-state index in [1.54, 1.807) is 6.26 Å². The third-order valence-electron chi connectivity index (χ3n) is 4.14. The Balaban J connectivity index is 1.42. The first-order chi connectivity index (χ1) is 10.4. The maximum Gasteiger partial charge on any atom is 0.105 e. The molecule has 2 heterocycles. The highest BCUT2D eigenvalue weighted by Crippen LogP contribution is 2.13. The molecule has 0 amide bonds. The molecule has 2 aromatic rings. The molecular weight excluding hydrogens is 260 g/mol. The highest BCUT2D eigenvalue weighted by molar-refractivity contribution is 5.14. The van der Waals surface area contributed by atoms with Crippen LogP contribution in [-0.2, 0) is 13.0 Å². The second kappa shape index (κ2) is 7.43. The van der Waals surface area contributed by atoms with Crippen molar-refractivity contribution in [2.24, 2.45) is 0 Å². The molecule has 0 radical (unpaired) electrons. The van der Waals surface area contributed by atoms with Crippen molar-refractivity contribution in [2.75, 3.05) is 19.6 Å². The normalized spacial score (nSPS) is 19.7. The minimum atomic E-state index is 0.609. The number of benzene rings is 1. The molecule has 1 aliphatic rings. The SMILES string of the molecule is c1ccc(CN2CCCC(NCCc3ccco3)C2)cc1. The lowest BCUT2D eigenvalue weighted by atomic mass is 10.0. The van der Waals surface area contributed by atoms with Crippen LogP contribution < -0.4 is 5.32 Å². The van der Waals surface area contributed by atoms with E-state index >= 15 is 0 Å². The number of piperidine rings is 1. The minimum Gasteiger partial charge on any atom is -0.469 e. The highest BCUT2D eigenvalue weighted by atomic mass is 16.3. The lowest BCUT2D eigenvalue weighted by Crippen LogP contribution is -2.45. The van der Waals surface area contributed by atoms with Crippen molar-refractivity contribution in [3.05, 3.63) is 60.1 Å². The van der Waals surface area contributed by atoms with Crippen molar-refractivity contribution >= 4 is 0 Å². The molecule has 0 aliphatic carbocycles. The van der Waals surface area contributed by atoms with Gasteiger partial charge in [0.1, 0.15) is 5.76 Å². The molecule has 0 bridgehead atoms. The molecule has 1 fully saturated rings. The van der Waals surface area contributed by atoms with Gasteiger partial charge in [-0.05, 0) is 37.1 Å². The summed E-state index contributed by atoms with van der Waals surface area (Å²) in [6.45, 7) is 4.42. The van der Waals surface area contributed by atoms with Crippen LogP contribution >= 0.6 is 0 Å². The van der Waals surface area contributed by atoms with Crippen LogP contribution in [0.3, 0.4) is 0 Å². The Morgan fingerprint density at radius 3 is 2.86 bits per heavy atom. The fourth-order valence-electron chi connectivity index (χ4n) is 3.06. The van der Waals surface area contributed by atoms with E-state index in [-0.39, 0.29) is 0 Å². The van der Waals surface area contributed by atoms with Gasteiger partial charge in [0.15, 0.2) is 0 Å². The van der Waals surface area contributed by atoms with Crippen LogP contribution in [0.15, 0.2) is 53.1 Å². The predicted molar refractivity (Wildman–Crippen MR) is 85.2 cm³/mol. The number of likely N-dealkylation sites (tertiary alicyclic amines) is 1. The van der Waals surface area contributed by atoms with Crippen LogP contribution in [-0.4, -0.2) is 30.6 Å². The lowest BCUT2D eigenvalue weighted by Gasteiger charge is -2.33. The summed E-state index contributed by atoms with van der Waals surface area (Å²) in [4.78, 5) is 2.56. The third-order valence-corrected chi connectivity index (χ3v) is 4.14. The molecule has 0 spiro atoms. The van der Waals surface area contributed by atoms with Crippen molar-refractivity contribution in [2.45, 2.75) is 31.8 Å². The zero-order valence-electron chi connectivity index (χ0n) is 12.5.